The Morgan fingerprint density at radius 2 is 2.02 bits per heavy atom. The summed E-state index contributed by atoms with van der Waals surface area (Å²) in [5.74, 6) is -0.0215. The molecule has 3 aliphatic heterocycles. The molecule has 1 aliphatic carbocycles. The van der Waals surface area contributed by atoms with Crippen LogP contribution in [-0.2, 0) is 23.4 Å². The second kappa shape index (κ2) is 11.2. The number of carbonyl (C=O) groups is 1. The first-order chi connectivity index (χ1) is 21.0. The van der Waals surface area contributed by atoms with Crippen LogP contribution in [0.1, 0.15) is 30.7 Å². The molecule has 13 nitrogen and oxygen atoms in total. The zero-order chi connectivity index (χ0) is 30.8. The number of carbonyl (C=O) groups excluding carboxylic acids is 1. The van der Waals surface area contributed by atoms with Crippen molar-refractivity contribution in [1.82, 2.24) is 15.0 Å². The van der Waals surface area contributed by atoms with Gasteiger partial charge in [-0.1, -0.05) is 6.07 Å². The molecule has 7 rings (SSSR count). The van der Waals surface area contributed by atoms with Gasteiger partial charge in [0.25, 0.3) is 0 Å². The second-order valence-electron chi connectivity index (χ2n) is 11.6. The number of hydrogen-bond donors (Lipinski definition) is 3. The van der Waals surface area contributed by atoms with Gasteiger partial charge in [-0.05, 0) is 43.7 Å². The number of cyclic esters (lactones) is 1. The summed E-state index contributed by atoms with van der Waals surface area (Å²) < 4.78 is 67.0. The van der Waals surface area contributed by atoms with Gasteiger partial charge in [-0.15, -0.1) is 11.3 Å². The summed E-state index contributed by atoms with van der Waals surface area (Å²) in [5.41, 5.74) is 1.45. The number of amides is 1. The number of quaternary nitrogens is 1. The van der Waals surface area contributed by atoms with Crippen molar-refractivity contribution in [2.24, 2.45) is 17.0 Å². The monoisotopic (exact) mass is 666 g/mol. The number of benzene rings is 1. The van der Waals surface area contributed by atoms with Crippen LogP contribution in [-0.4, -0.2) is 77.4 Å². The predicted molar refractivity (Wildman–Crippen MR) is 159 cm³/mol. The normalized spacial score (nSPS) is 33.0. The van der Waals surface area contributed by atoms with Gasteiger partial charge in [0.1, 0.15) is 13.2 Å². The SMILES string of the molecule is CC1CC(c2nc(-c3cccc([NH+]4CCOC4=O)c3F)c(-c3ccnc(NC4C5CS([O-])(OS(N)(=O)=O)CC54)n3)s2)CCO1. The van der Waals surface area contributed by atoms with E-state index in [0.717, 1.165) is 17.8 Å². The highest BCUT2D eigenvalue weighted by atomic mass is 32.3. The summed E-state index contributed by atoms with van der Waals surface area (Å²) in [6.07, 6.45) is 2.75. The molecule has 0 bridgehead atoms. The fourth-order valence-corrected chi connectivity index (χ4v) is 11.7. The molecule has 3 saturated heterocycles. The van der Waals surface area contributed by atoms with Crippen molar-refractivity contribution in [2.45, 2.75) is 37.8 Å². The molecule has 4 aliphatic rings. The average molecular weight is 667 g/mol. The number of thiazole rings is 1. The predicted octanol–water partition coefficient (Wildman–Crippen LogP) is 2.47. The van der Waals surface area contributed by atoms with Crippen molar-refractivity contribution in [3.8, 4) is 21.8 Å². The van der Waals surface area contributed by atoms with Gasteiger partial charge < -0.3 is 29.9 Å². The number of nitrogens with zero attached hydrogens (tertiary/aromatic N) is 3. The first-order valence-electron chi connectivity index (χ1n) is 14.3. The van der Waals surface area contributed by atoms with E-state index in [1.54, 1.807) is 30.5 Å². The standard InChI is InChI=1S/C27H31FN6O7S3/c1-14-11-15(6-9-39-14)25-32-23(16-3-2-4-20(21(16)28)34-8-10-40-27(34)35)24(42-25)19-5-7-30-26(31-19)33-22-17-12-43(36,13-18(17)22)41-44(29,37)38/h2-5,7,14-15,17-18,22,36H,6,8-13H2,1H3,(H2,29,37,38)(H,30,31,33). The van der Waals surface area contributed by atoms with Crippen molar-refractivity contribution in [2.75, 3.05) is 36.6 Å². The van der Waals surface area contributed by atoms with Crippen LogP contribution in [0.4, 0.5) is 20.8 Å². The van der Waals surface area contributed by atoms with Crippen LogP contribution in [0, 0.1) is 17.7 Å². The maximum absolute atomic E-state index is 16.1. The van der Waals surface area contributed by atoms with Crippen LogP contribution in [0.3, 0.4) is 0 Å². The largest absolute Gasteiger partial charge is 0.766 e. The number of fused-ring (bicyclic) bond motifs is 1. The van der Waals surface area contributed by atoms with Crippen LogP contribution in [0.2, 0.25) is 0 Å². The Morgan fingerprint density at radius 3 is 2.73 bits per heavy atom. The number of nitrogens with two attached hydrogens (primary N) is 1. The van der Waals surface area contributed by atoms with Gasteiger partial charge in [0, 0.05) is 47.9 Å². The van der Waals surface area contributed by atoms with Crippen LogP contribution in [0.15, 0.2) is 30.5 Å². The van der Waals surface area contributed by atoms with Crippen molar-refractivity contribution in [3.05, 3.63) is 41.3 Å². The van der Waals surface area contributed by atoms with E-state index in [4.69, 9.17) is 24.6 Å². The number of rotatable bonds is 8. The third kappa shape index (κ3) is 5.82. The van der Waals surface area contributed by atoms with Gasteiger partial charge in [-0.3, -0.25) is 0 Å². The molecule has 5 heterocycles. The van der Waals surface area contributed by atoms with Crippen LogP contribution in [0.25, 0.3) is 21.8 Å². The van der Waals surface area contributed by atoms with Gasteiger partial charge >= 0.3 is 16.4 Å². The average Bonchev–Trinajstić information content (AvgIpc) is 3.38. The molecule has 5 atom stereocenters. The number of hydrogen-bond acceptors (Lipinski definition) is 12. The van der Waals surface area contributed by atoms with E-state index in [1.165, 1.54) is 11.3 Å². The molecular weight excluding hydrogens is 636 g/mol. The Morgan fingerprint density at radius 1 is 1.23 bits per heavy atom. The Balaban J connectivity index is 1.19. The van der Waals surface area contributed by atoms with Crippen molar-refractivity contribution >= 4 is 50.0 Å². The molecule has 2 aromatic heterocycles. The fraction of sp³-hybridized carbons (Fsp3) is 0.481. The Kier molecular flexibility index (Phi) is 7.64. The van der Waals surface area contributed by atoms with Gasteiger partial charge in [0.2, 0.25) is 5.95 Å². The quantitative estimate of drug-likeness (QED) is 0.321. The lowest BCUT2D eigenvalue weighted by Crippen LogP contribution is -3.07. The molecule has 0 radical (unpaired) electrons. The van der Waals surface area contributed by atoms with Crippen LogP contribution >= 0.6 is 21.9 Å². The summed E-state index contributed by atoms with van der Waals surface area (Å²) in [7, 11) is -7.34. The first kappa shape index (κ1) is 29.9. The highest BCUT2D eigenvalue weighted by Crippen LogP contribution is 2.65. The summed E-state index contributed by atoms with van der Waals surface area (Å²) in [5, 5.41) is 9.08. The third-order valence-corrected chi connectivity index (χ3v) is 13.3. The number of aromatic nitrogens is 3. The smallest absolute Gasteiger partial charge is 0.519 e. The van der Waals surface area contributed by atoms with E-state index in [9.17, 15) is 17.8 Å². The lowest BCUT2D eigenvalue weighted by molar-refractivity contribution is -0.734. The molecule has 236 valence electrons. The van der Waals surface area contributed by atoms with Gasteiger partial charge in [0.15, 0.2) is 11.5 Å². The van der Waals surface area contributed by atoms with Crippen molar-refractivity contribution in [1.29, 1.82) is 0 Å². The Bertz CT molecular complexity index is 1710. The molecule has 17 heteroatoms. The van der Waals surface area contributed by atoms with E-state index < -0.39 is 32.8 Å². The van der Waals surface area contributed by atoms with E-state index in [1.807, 2.05) is 6.92 Å². The third-order valence-electron chi connectivity index (χ3n) is 8.52. The van der Waals surface area contributed by atoms with E-state index in [0.29, 0.717) is 40.3 Å². The topological polar surface area (TPSA) is 183 Å². The summed E-state index contributed by atoms with van der Waals surface area (Å²) in [6.45, 7) is 3.20. The van der Waals surface area contributed by atoms with E-state index in [2.05, 4.69) is 13.9 Å². The Hall–Kier alpha value is -2.77. The molecule has 4 N–H and O–H groups in total. The fourth-order valence-electron chi connectivity index (χ4n) is 6.42. The van der Waals surface area contributed by atoms with Crippen LogP contribution in [0.5, 0.6) is 0 Å². The summed E-state index contributed by atoms with van der Waals surface area (Å²) >= 11 is 1.46. The molecule has 1 aromatic carbocycles. The molecule has 1 amide bonds. The molecule has 0 spiro atoms. The first-order valence-corrected chi connectivity index (χ1v) is 18.4. The highest BCUT2D eigenvalue weighted by molar-refractivity contribution is 8.28. The summed E-state index contributed by atoms with van der Waals surface area (Å²) in [6, 6.07) is 6.59. The molecular formula is C27H31FN6O7S3. The number of alkyl carbamates (subject to hydrolysis) is 1. The van der Waals surface area contributed by atoms with Gasteiger partial charge in [0.05, 0.1) is 27.4 Å². The lowest BCUT2D eigenvalue weighted by atomic mass is 9.97. The minimum Gasteiger partial charge on any atom is -0.766 e. The summed E-state index contributed by atoms with van der Waals surface area (Å²) in [4.78, 5) is 27.3. The minimum atomic E-state index is -4.31. The Labute approximate surface area is 258 Å². The van der Waals surface area contributed by atoms with Crippen molar-refractivity contribution < 1.29 is 40.2 Å². The molecule has 3 aromatic rings. The number of halogens is 1. The number of nitrogens with one attached hydrogen (secondary N) is 2. The molecule has 4 fully saturated rings. The van der Waals surface area contributed by atoms with E-state index in [-0.39, 0.29) is 59.3 Å². The minimum absolute atomic E-state index is 0.0609. The van der Waals surface area contributed by atoms with Gasteiger partial charge in [-0.2, -0.15) is 26.1 Å². The molecule has 5 unspecified atom stereocenters. The zero-order valence-corrected chi connectivity index (χ0v) is 26.1. The van der Waals surface area contributed by atoms with Gasteiger partial charge in [-0.25, -0.2) is 20.1 Å². The number of anilines is 1. The highest BCUT2D eigenvalue weighted by Gasteiger charge is 2.58. The molecule has 44 heavy (non-hydrogen) atoms. The maximum atomic E-state index is 16.1. The molecule has 1 saturated carbocycles. The zero-order valence-electron chi connectivity index (χ0n) is 23.6. The van der Waals surface area contributed by atoms with Crippen LogP contribution < -0.4 is 15.4 Å². The second-order valence-corrected chi connectivity index (χ2v) is 16.3. The lowest BCUT2D eigenvalue weighted by Gasteiger charge is -2.46. The van der Waals surface area contributed by atoms with Crippen molar-refractivity contribution in [3.63, 3.8) is 0 Å². The maximum Gasteiger partial charge on any atom is 0.519 e. The number of ether oxygens (including phenoxy) is 2. The van der Waals surface area contributed by atoms with E-state index >= 15 is 4.39 Å².